The quantitative estimate of drug-likeness (QED) is 0.751. The lowest BCUT2D eigenvalue weighted by Gasteiger charge is -2.42. The summed E-state index contributed by atoms with van der Waals surface area (Å²) in [5.74, 6) is 0.949. The predicted octanol–water partition coefficient (Wildman–Crippen LogP) is 0.334. The van der Waals surface area contributed by atoms with Gasteiger partial charge in [-0.2, -0.15) is 9.40 Å². The van der Waals surface area contributed by atoms with Gasteiger partial charge in [0.05, 0.1) is 17.0 Å². The summed E-state index contributed by atoms with van der Waals surface area (Å²) < 4.78 is 28.2. The summed E-state index contributed by atoms with van der Waals surface area (Å²) in [7, 11) is -1.25. The molecule has 0 bridgehead atoms. The molecule has 8 nitrogen and oxygen atoms in total. The van der Waals surface area contributed by atoms with Gasteiger partial charge in [-0.3, -0.25) is 19.3 Å². The number of nitrogens with zero attached hydrogens (tertiary/aromatic N) is 5. The molecule has 2 saturated heterocycles. The van der Waals surface area contributed by atoms with Crippen LogP contribution in [0.2, 0.25) is 0 Å². The Hall–Kier alpha value is -1.45. The van der Waals surface area contributed by atoms with Crippen LogP contribution >= 0.6 is 0 Å². The van der Waals surface area contributed by atoms with Gasteiger partial charge in [-0.1, -0.05) is 0 Å². The van der Waals surface area contributed by atoms with Gasteiger partial charge in [0.25, 0.3) is 0 Å². The van der Waals surface area contributed by atoms with Gasteiger partial charge in [0.2, 0.25) is 15.9 Å². The minimum absolute atomic E-state index is 0.109. The standard InChI is InChI=1S/C17H27N5O3S/c1-13-12-16(19(2)18-13)22-7-3-4-15(17(22)23)20-8-10-21(11-9-20)26(24,25)14-5-6-14/h12,14-15H,3-11H2,1-2H3. The van der Waals surface area contributed by atoms with Gasteiger partial charge in [0, 0.05) is 45.8 Å². The van der Waals surface area contributed by atoms with Crippen LogP contribution in [0, 0.1) is 6.92 Å². The molecule has 1 aliphatic carbocycles. The van der Waals surface area contributed by atoms with Crippen molar-refractivity contribution in [2.45, 2.75) is 43.9 Å². The second-order valence-corrected chi connectivity index (χ2v) is 9.81. The number of anilines is 1. The number of sulfonamides is 1. The van der Waals surface area contributed by atoms with Crippen LogP contribution in [0.3, 0.4) is 0 Å². The zero-order valence-electron chi connectivity index (χ0n) is 15.5. The Bertz CT molecular complexity index is 793. The molecule has 9 heteroatoms. The highest BCUT2D eigenvalue weighted by Gasteiger charge is 2.43. The van der Waals surface area contributed by atoms with E-state index in [-0.39, 0.29) is 17.2 Å². The average molecular weight is 382 g/mol. The minimum atomic E-state index is -3.11. The monoisotopic (exact) mass is 381 g/mol. The first-order valence-corrected chi connectivity index (χ1v) is 10.9. The normalized spacial score (nSPS) is 26.5. The summed E-state index contributed by atoms with van der Waals surface area (Å²) in [5.41, 5.74) is 0.899. The fourth-order valence-electron chi connectivity index (χ4n) is 4.12. The molecule has 0 aromatic carbocycles. The minimum Gasteiger partial charge on any atom is -0.296 e. The van der Waals surface area contributed by atoms with Crippen molar-refractivity contribution in [1.29, 1.82) is 0 Å². The molecule has 1 aromatic heterocycles. The highest BCUT2D eigenvalue weighted by atomic mass is 32.2. The Balaban J connectivity index is 1.43. The lowest BCUT2D eigenvalue weighted by molar-refractivity contribution is -0.126. The van der Waals surface area contributed by atoms with Crippen LogP contribution < -0.4 is 4.90 Å². The summed E-state index contributed by atoms with van der Waals surface area (Å²) in [6.07, 6.45) is 3.37. The van der Waals surface area contributed by atoms with Gasteiger partial charge >= 0.3 is 0 Å². The first-order chi connectivity index (χ1) is 12.4. The van der Waals surface area contributed by atoms with Crippen LogP contribution in [0.5, 0.6) is 0 Å². The van der Waals surface area contributed by atoms with Gasteiger partial charge in [-0.25, -0.2) is 8.42 Å². The predicted molar refractivity (Wildman–Crippen MR) is 98.4 cm³/mol. The van der Waals surface area contributed by atoms with E-state index >= 15 is 0 Å². The maximum Gasteiger partial charge on any atom is 0.245 e. The molecule has 0 radical (unpaired) electrons. The largest absolute Gasteiger partial charge is 0.296 e. The Labute approximate surface area is 154 Å². The molecule has 4 rings (SSSR count). The number of hydrogen-bond donors (Lipinski definition) is 0. The van der Waals surface area contributed by atoms with E-state index in [1.54, 1.807) is 8.99 Å². The van der Waals surface area contributed by atoms with Crippen LogP contribution in [-0.2, 0) is 21.9 Å². The maximum absolute atomic E-state index is 13.1. The topological polar surface area (TPSA) is 78.8 Å². The average Bonchev–Trinajstić information content (AvgIpc) is 3.41. The second kappa shape index (κ2) is 6.61. The lowest BCUT2D eigenvalue weighted by atomic mass is 10.0. The van der Waals surface area contributed by atoms with Crippen molar-refractivity contribution in [3.8, 4) is 0 Å². The van der Waals surface area contributed by atoms with E-state index in [9.17, 15) is 13.2 Å². The molecule has 2 aliphatic heterocycles. The Morgan fingerprint density at radius 1 is 1.08 bits per heavy atom. The molecular formula is C17H27N5O3S. The van der Waals surface area contributed by atoms with Crippen molar-refractivity contribution < 1.29 is 13.2 Å². The van der Waals surface area contributed by atoms with Gasteiger partial charge in [-0.05, 0) is 32.6 Å². The third-order valence-corrected chi connectivity index (χ3v) is 8.08. The fraction of sp³-hybridized carbons (Fsp3) is 0.765. The van der Waals surface area contributed by atoms with Crippen LogP contribution in [0.25, 0.3) is 0 Å². The van der Waals surface area contributed by atoms with E-state index in [0.717, 1.165) is 37.2 Å². The molecule has 144 valence electrons. The molecule has 0 N–H and O–H groups in total. The molecule has 1 atom stereocenters. The zero-order valence-corrected chi connectivity index (χ0v) is 16.3. The number of piperidine rings is 1. The molecular weight excluding hydrogens is 354 g/mol. The van der Waals surface area contributed by atoms with Crippen molar-refractivity contribution in [2.24, 2.45) is 7.05 Å². The van der Waals surface area contributed by atoms with Gasteiger partial charge < -0.3 is 0 Å². The van der Waals surface area contributed by atoms with E-state index in [1.807, 2.05) is 24.9 Å². The molecule has 3 fully saturated rings. The van der Waals surface area contributed by atoms with E-state index in [0.29, 0.717) is 32.7 Å². The van der Waals surface area contributed by atoms with E-state index < -0.39 is 10.0 Å². The number of carbonyl (C=O) groups excluding carboxylic acids is 1. The molecule has 1 unspecified atom stereocenters. The molecule has 1 saturated carbocycles. The molecule has 1 amide bonds. The number of aryl methyl sites for hydroxylation is 2. The van der Waals surface area contributed by atoms with E-state index in [4.69, 9.17) is 0 Å². The van der Waals surface area contributed by atoms with E-state index in [1.165, 1.54) is 0 Å². The molecule has 0 spiro atoms. The number of carbonyl (C=O) groups is 1. The number of hydrogen-bond acceptors (Lipinski definition) is 5. The van der Waals surface area contributed by atoms with Crippen LogP contribution in [0.15, 0.2) is 6.07 Å². The first-order valence-electron chi connectivity index (χ1n) is 9.43. The number of piperazine rings is 1. The zero-order chi connectivity index (χ0) is 18.5. The molecule has 3 heterocycles. The summed E-state index contributed by atoms with van der Waals surface area (Å²) in [6.45, 7) is 4.88. The Kier molecular flexibility index (Phi) is 4.56. The van der Waals surface area contributed by atoms with Gasteiger partial charge in [0.1, 0.15) is 5.82 Å². The van der Waals surface area contributed by atoms with Crippen LogP contribution in [0.4, 0.5) is 5.82 Å². The van der Waals surface area contributed by atoms with Gasteiger partial charge in [-0.15, -0.1) is 0 Å². The van der Waals surface area contributed by atoms with Gasteiger partial charge in [0.15, 0.2) is 0 Å². The van der Waals surface area contributed by atoms with Crippen molar-refractivity contribution >= 4 is 21.7 Å². The summed E-state index contributed by atoms with van der Waals surface area (Å²) in [6, 6.07) is 1.78. The lowest BCUT2D eigenvalue weighted by Crippen LogP contribution is -2.58. The van der Waals surface area contributed by atoms with Crippen LogP contribution in [0.1, 0.15) is 31.4 Å². The molecule has 3 aliphatic rings. The fourth-order valence-corrected chi connectivity index (χ4v) is 5.94. The van der Waals surface area contributed by atoms with Crippen LogP contribution in [-0.4, -0.2) is 77.3 Å². The number of aromatic nitrogens is 2. The van der Waals surface area contributed by atoms with Crippen molar-refractivity contribution in [3.05, 3.63) is 11.8 Å². The highest BCUT2D eigenvalue weighted by Crippen LogP contribution is 2.32. The molecule has 26 heavy (non-hydrogen) atoms. The number of rotatable bonds is 4. The Morgan fingerprint density at radius 3 is 2.35 bits per heavy atom. The van der Waals surface area contributed by atoms with E-state index in [2.05, 4.69) is 10.00 Å². The van der Waals surface area contributed by atoms with Crippen molar-refractivity contribution in [2.75, 3.05) is 37.6 Å². The summed E-state index contributed by atoms with van der Waals surface area (Å²) in [4.78, 5) is 17.1. The molecule has 1 aromatic rings. The number of amides is 1. The smallest absolute Gasteiger partial charge is 0.245 e. The summed E-state index contributed by atoms with van der Waals surface area (Å²) in [5, 5.41) is 4.20. The SMILES string of the molecule is Cc1cc(N2CCCC(N3CCN(S(=O)(=O)C4CC4)CC3)C2=O)n(C)n1. The van der Waals surface area contributed by atoms with Crippen molar-refractivity contribution in [3.63, 3.8) is 0 Å². The summed E-state index contributed by atoms with van der Waals surface area (Å²) >= 11 is 0. The maximum atomic E-state index is 13.1. The van der Waals surface area contributed by atoms with Crippen molar-refractivity contribution in [1.82, 2.24) is 19.0 Å². The second-order valence-electron chi connectivity index (χ2n) is 7.59. The third-order valence-electron chi connectivity index (χ3n) is 5.68. The Morgan fingerprint density at radius 2 is 1.77 bits per heavy atom. The first kappa shape index (κ1) is 17.9. The third kappa shape index (κ3) is 3.16. The highest BCUT2D eigenvalue weighted by molar-refractivity contribution is 7.90.